The minimum atomic E-state index is -0.277. The topological polar surface area (TPSA) is 59.6 Å². The van der Waals surface area contributed by atoms with Crippen LogP contribution in [0.3, 0.4) is 0 Å². The maximum absolute atomic E-state index is 12.4. The van der Waals surface area contributed by atoms with E-state index in [1.165, 1.54) is 19.3 Å². The molecule has 28 heavy (non-hydrogen) atoms. The number of para-hydroxylation sites is 2. The van der Waals surface area contributed by atoms with Crippen LogP contribution in [0.15, 0.2) is 48.5 Å². The lowest BCUT2D eigenvalue weighted by molar-refractivity contribution is 0.0977. The van der Waals surface area contributed by atoms with Crippen LogP contribution in [-0.2, 0) is 0 Å². The first-order chi connectivity index (χ1) is 13.6. The number of carbonyl (C=O) groups excluding carboxylic acids is 1. The van der Waals surface area contributed by atoms with Crippen LogP contribution < -0.4 is 20.1 Å². The van der Waals surface area contributed by atoms with E-state index >= 15 is 0 Å². The Balaban J connectivity index is 1.84. The first-order valence-electron chi connectivity index (χ1n) is 9.71. The van der Waals surface area contributed by atoms with E-state index in [9.17, 15) is 4.79 Å². The molecule has 2 rings (SSSR count). The summed E-state index contributed by atoms with van der Waals surface area (Å²) in [6.45, 7) is 5.34. The van der Waals surface area contributed by atoms with Gasteiger partial charge in [-0.15, -0.1) is 0 Å². The van der Waals surface area contributed by atoms with Crippen molar-refractivity contribution in [2.45, 2.75) is 39.5 Å². The highest BCUT2D eigenvalue weighted by molar-refractivity contribution is 7.80. The van der Waals surface area contributed by atoms with Gasteiger partial charge in [-0.3, -0.25) is 10.1 Å². The third kappa shape index (κ3) is 7.19. The molecule has 0 bridgehead atoms. The number of carbonyl (C=O) groups is 1. The van der Waals surface area contributed by atoms with Gasteiger partial charge in [0.15, 0.2) is 5.11 Å². The molecule has 0 radical (unpaired) electrons. The Bertz CT molecular complexity index is 763. The van der Waals surface area contributed by atoms with Gasteiger partial charge in [0.25, 0.3) is 5.91 Å². The number of nitrogens with one attached hydrogen (secondary N) is 2. The van der Waals surface area contributed by atoms with Gasteiger partial charge >= 0.3 is 0 Å². The highest BCUT2D eigenvalue weighted by atomic mass is 32.1. The van der Waals surface area contributed by atoms with Crippen LogP contribution in [0.1, 0.15) is 49.9 Å². The predicted molar refractivity (Wildman–Crippen MR) is 117 cm³/mol. The van der Waals surface area contributed by atoms with E-state index in [2.05, 4.69) is 17.6 Å². The van der Waals surface area contributed by atoms with E-state index in [0.29, 0.717) is 30.2 Å². The summed E-state index contributed by atoms with van der Waals surface area (Å²) in [6.07, 6.45) is 4.65. The largest absolute Gasteiger partial charge is 0.494 e. The quantitative estimate of drug-likeness (QED) is 0.425. The molecule has 2 aromatic carbocycles. The average Bonchev–Trinajstić information content (AvgIpc) is 2.70. The number of thiocarbonyl (C=S) groups is 1. The number of unbranched alkanes of at least 4 members (excludes halogenated alkanes) is 3. The molecule has 5 nitrogen and oxygen atoms in total. The van der Waals surface area contributed by atoms with Crippen LogP contribution in [0.25, 0.3) is 0 Å². The first-order valence-corrected chi connectivity index (χ1v) is 10.1. The number of anilines is 1. The molecule has 0 heterocycles. The number of rotatable bonds is 10. The highest BCUT2D eigenvalue weighted by Gasteiger charge is 2.10. The summed E-state index contributed by atoms with van der Waals surface area (Å²) in [6, 6.07) is 14.5. The summed E-state index contributed by atoms with van der Waals surface area (Å²) in [4.78, 5) is 12.4. The van der Waals surface area contributed by atoms with Gasteiger partial charge in [0.2, 0.25) is 0 Å². The molecular weight excluding hydrogens is 372 g/mol. The summed E-state index contributed by atoms with van der Waals surface area (Å²) < 4.78 is 11.2. The van der Waals surface area contributed by atoms with Gasteiger partial charge in [0.1, 0.15) is 11.5 Å². The standard InChI is InChI=1S/C22H28N2O3S/c1-3-5-6-9-16-27-18-14-12-17(13-15-18)21(25)24-22(28)23-19-10-7-8-11-20(19)26-4-2/h7-8,10-15H,3-6,9,16H2,1-2H3,(H2,23,24,25,28). The third-order valence-electron chi connectivity index (χ3n) is 4.05. The maximum atomic E-state index is 12.4. The Morgan fingerprint density at radius 1 is 0.964 bits per heavy atom. The van der Waals surface area contributed by atoms with Gasteiger partial charge < -0.3 is 14.8 Å². The summed E-state index contributed by atoms with van der Waals surface area (Å²) in [5.74, 6) is 1.17. The van der Waals surface area contributed by atoms with Crippen molar-refractivity contribution in [3.63, 3.8) is 0 Å². The molecular formula is C22H28N2O3S. The van der Waals surface area contributed by atoms with Crippen LogP contribution in [0.5, 0.6) is 11.5 Å². The van der Waals surface area contributed by atoms with Crippen molar-refractivity contribution in [2.75, 3.05) is 18.5 Å². The Kier molecular flexibility index (Phi) is 9.28. The van der Waals surface area contributed by atoms with E-state index < -0.39 is 0 Å². The predicted octanol–water partition coefficient (Wildman–Crippen LogP) is 5.17. The SMILES string of the molecule is CCCCCCOc1ccc(C(=O)NC(=S)Nc2ccccc2OCC)cc1. The summed E-state index contributed by atoms with van der Waals surface area (Å²) in [5, 5.41) is 5.90. The molecule has 0 fully saturated rings. The Hall–Kier alpha value is -2.60. The van der Waals surface area contributed by atoms with Crippen molar-refractivity contribution in [1.29, 1.82) is 0 Å². The monoisotopic (exact) mass is 400 g/mol. The number of benzene rings is 2. The number of ether oxygens (including phenoxy) is 2. The lowest BCUT2D eigenvalue weighted by Gasteiger charge is -2.13. The van der Waals surface area contributed by atoms with Crippen LogP contribution in [0.4, 0.5) is 5.69 Å². The van der Waals surface area contributed by atoms with E-state index in [1.54, 1.807) is 24.3 Å². The van der Waals surface area contributed by atoms with Crippen LogP contribution in [0.2, 0.25) is 0 Å². The normalized spacial score (nSPS) is 10.2. The molecule has 1 amide bonds. The number of amides is 1. The molecule has 0 spiro atoms. The van der Waals surface area contributed by atoms with Crippen molar-refractivity contribution < 1.29 is 14.3 Å². The first kappa shape index (κ1) is 21.7. The Morgan fingerprint density at radius 2 is 1.71 bits per heavy atom. The fourth-order valence-electron chi connectivity index (χ4n) is 2.60. The van der Waals surface area contributed by atoms with E-state index in [0.717, 1.165) is 12.2 Å². The van der Waals surface area contributed by atoms with Crippen LogP contribution in [0, 0.1) is 0 Å². The molecule has 0 unspecified atom stereocenters. The summed E-state index contributed by atoms with van der Waals surface area (Å²) >= 11 is 5.25. The van der Waals surface area contributed by atoms with Gasteiger partial charge in [0.05, 0.1) is 18.9 Å². The summed E-state index contributed by atoms with van der Waals surface area (Å²) in [5.41, 5.74) is 1.22. The molecule has 0 saturated carbocycles. The van der Waals surface area contributed by atoms with Gasteiger partial charge in [-0.2, -0.15) is 0 Å². The molecule has 0 aromatic heterocycles. The molecule has 0 aliphatic carbocycles. The fourth-order valence-corrected chi connectivity index (χ4v) is 2.80. The number of hydrogen-bond donors (Lipinski definition) is 2. The lowest BCUT2D eigenvalue weighted by Crippen LogP contribution is -2.34. The minimum Gasteiger partial charge on any atom is -0.494 e. The van der Waals surface area contributed by atoms with E-state index in [4.69, 9.17) is 21.7 Å². The molecule has 6 heteroatoms. The smallest absolute Gasteiger partial charge is 0.257 e. The Morgan fingerprint density at radius 3 is 2.43 bits per heavy atom. The average molecular weight is 401 g/mol. The molecule has 2 aromatic rings. The van der Waals surface area contributed by atoms with Crippen molar-refractivity contribution in [3.8, 4) is 11.5 Å². The van der Waals surface area contributed by atoms with Crippen molar-refractivity contribution in [2.24, 2.45) is 0 Å². The van der Waals surface area contributed by atoms with Gasteiger partial charge in [-0.05, 0) is 62.0 Å². The number of hydrogen-bond acceptors (Lipinski definition) is 4. The maximum Gasteiger partial charge on any atom is 0.257 e. The Labute approximate surface area is 172 Å². The van der Waals surface area contributed by atoms with Gasteiger partial charge in [0, 0.05) is 5.56 Å². The molecule has 150 valence electrons. The van der Waals surface area contributed by atoms with Crippen molar-refractivity contribution in [3.05, 3.63) is 54.1 Å². The molecule has 0 atom stereocenters. The van der Waals surface area contributed by atoms with Gasteiger partial charge in [-0.25, -0.2) is 0 Å². The van der Waals surface area contributed by atoms with E-state index in [1.807, 2.05) is 31.2 Å². The second-order valence-electron chi connectivity index (χ2n) is 6.27. The van der Waals surface area contributed by atoms with E-state index in [-0.39, 0.29) is 11.0 Å². The molecule has 0 saturated heterocycles. The zero-order valence-corrected chi connectivity index (χ0v) is 17.3. The fraction of sp³-hybridized carbons (Fsp3) is 0.364. The molecule has 0 aliphatic rings. The minimum absolute atomic E-state index is 0.216. The van der Waals surface area contributed by atoms with Crippen LogP contribution in [-0.4, -0.2) is 24.2 Å². The van der Waals surface area contributed by atoms with Crippen molar-refractivity contribution in [1.82, 2.24) is 5.32 Å². The van der Waals surface area contributed by atoms with Crippen molar-refractivity contribution >= 4 is 28.9 Å². The van der Waals surface area contributed by atoms with Crippen LogP contribution >= 0.6 is 12.2 Å². The molecule has 2 N–H and O–H groups in total. The molecule has 0 aliphatic heterocycles. The zero-order valence-electron chi connectivity index (χ0n) is 16.5. The lowest BCUT2D eigenvalue weighted by atomic mass is 10.2. The second-order valence-corrected chi connectivity index (χ2v) is 6.68. The van der Waals surface area contributed by atoms with Gasteiger partial charge in [-0.1, -0.05) is 38.3 Å². The zero-order chi connectivity index (χ0) is 20.2. The summed E-state index contributed by atoms with van der Waals surface area (Å²) in [7, 11) is 0. The second kappa shape index (κ2) is 12.0. The third-order valence-corrected chi connectivity index (χ3v) is 4.25. The highest BCUT2D eigenvalue weighted by Crippen LogP contribution is 2.23.